The molecule has 1 aromatic rings. The molecule has 0 aliphatic heterocycles. The molecular formula is C20H14. The Morgan fingerprint density at radius 1 is 0.850 bits per heavy atom. The minimum absolute atomic E-state index is 0.0489. The summed E-state index contributed by atoms with van der Waals surface area (Å²) in [6, 6.07) is 4.54. The summed E-state index contributed by atoms with van der Waals surface area (Å²) in [6.45, 7) is 0. The molecular weight excluding hydrogens is 240 g/mol. The molecule has 0 aromatic heterocycles. The molecule has 94 valence electrons. The second-order valence-electron chi connectivity index (χ2n) is 5.80. The number of hydrogen-bond acceptors (Lipinski definition) is 0. The van der Waals surface area contributed by atoms with Crippen molar-refractivity contribution < 1.29 is 0 Å². The fraction of sp³-hybridized carbons (Fsp3) is 0.100. The minimum atomic E-state index is -0.0489. The fourth-order valence-electron chi connectivity index (χ4n) is 3.92. The molecule has 1 atom stereocenters. The van der Waals surface area contributed by atoms with Crippen molar-refractivity contribution in [3.05, 3.63) is 87.9 Å². The maximum absolute atomic E-state index is 2.37. The van der Waals surface area contributed by atoms with E-state index in [1.54, 1.807) is 0 Å². The van der Waals surface area contributed by atoms with Crippen molar-refractivity contribution in [3.63, 3.8) is 0 Å². The van der Waals surface area contributed by atoms with Gasteiger partial charge in [-0.15, -0.1) is 0 Å². The SMILES string of the molecule is C1=CC2=CC=c3ccc4c5c3C2(C=C1)C=CC5=CCC=4. The van der Waals surface area contributed by atoms with Crippen LogP contribution < -0.4 is 10.4 Å². The molecule has 0 fully saturated rings. The minimum Gasteiger partial charge on any atom is -0.0728 e. The first-order valence-electron chi connectivity index (χ1n) is 7.20. The largest absolute Gasteiger partial charge is 0.0728 e. The van der Waals surface area contributed by atoms with Crippen LogP contribution in [-0.4, -0.2) is 0 Å². The number of allylic oxidation sites excluding steroid dienone is 10. The van der Waals surface area contributed by atoms with Gasteiger partial charge in [0, 0.05) is 0 Å². The number of rotatable bonds is 0. The van der Waals surface area contributed by atoms with Crippen molar-refractivity contribution in [1.82, 2.24) is 0 Å². The first-order chi connectivity index (χ1) is 9.88. The molecule has 1 spiro atoms. The first-order valence-corrected chi connectivity index (χ1v) is 7.20. The van der Waals surface area contributed by atoms with Crippen molar-refractivity contribution in [1.29, 1.82) is 0 Å². The molecule has 0 bridgehead atoms. The quantitative estimate of drug-likeness (QED) is 0.668. The van der Waals surface area contributed by atoms with Crippen LogP contribution in [0.15, 0.2) is 66.3 Å². The average molecular weight is 254 g/mol. The third-order valence-corrected chi connectivity index (χ3v) is 4.84. The van der Waals surface area contributed by atoms with Gasteiger partial charge in [-0.2, -0.15) is 0 Å². The average Bonchev–Trinajstić information content (AvgIpc) is 2.52. The molecule has 1 aromatic carbocycles. The van der Waals surface area contributed by atoms with Gasteiger partial charge in [0.15, 0.2) is 0 Å². The lowest BCUT2D eigenvalue weighted by atomic mass is 9.63. The molecule has 0 nitrogen and oxygen atoms in total. The van der Waals surface area contributed by atoms with Crippen LogP contribution in [0.2, 0.25) is 0 Å². The number of benzene rings is 1. The maximum atomic E-state index is 2.37. The standard InChI is InChI=1S/C20H14/c1-2-12-20-13-11-15-5-3-4-14-7-8-16(19(20)18(14)15)9-10-17(20)6-1/h1-2,4-13H,3H2. The third-order valence-electron chi connectivity index (χ3n) is 4.84. The summed E-state index contributed by atoms with van der Waals surface area (Å²) >= 11 is 0. The molecule has 20 heavy (non-hydrogen) atoms. The Kier molecular flexibility index (Phi) is 1.78. The van der Waals surface area contributed by atoms with Crippen LogP contribution in [0.4, 0.5) is 0 Å². The van der Waals surface area contributed by atoms with Crippen LogP contribution in [0.1, 0.15) is 17.5 Å². The molecule has 1 unspecified atom stereocenters. The number of hydrogen-bond donors (Lipinski definition) is 0. The Bertz CT molecular complexity index is 914. The van der Waals surface area contributed by atoms with Gasteiger partial charge in [0.05, 0.1) is 5.41 Å². The highest BCUT2D eigenvalue weighted by atomic mass is 14.4. The summed E-state index contributed by atoms with van der Waals surface area (Å²) in [5.74, 6) is 0. The van der Waals surface area contributed by atoms with Crippen molar-refractivity contribution in [3.8, 4) is 0 Å². The zero-order valence-electron chi connectivity index (χ0n) is 11.1. The van der Waals surface area contributed by atoms with Gasteiger partial charge in [-0.3, -0.25) is 0 Å². The molecule has 0 saturated carbocycles. The molecule has 0 heteroatoms. The van der Waals surface area contributed by atoms with E-state index in [2.05, 4.69) is 72.9 Å². The zero-order chi connectivity index (χ0) is 13.2. The monoisotopic (exact) mass is 254 g/mol. The topological polar surface area (TPSA) is 0 Å². The molecule has 4 aliphatic rings. The highest BCUT2D eigenvalue weighted by molar-refractivity contribution is 5.86. The van der Waals surface area contributed by atoms with Crippen molar-refractivity contribution in [2.45, 2.75) is 11.8 Å². The molecule has 0 saturated heterocycles. The summed E-state index contributed by atoms with van der Waals surface area (Å²) in [7, 11) is 0. The molecule has 4 aliphatic carbocycles. The van der Waals surface area contributed by atoms with Crippen LogP contribution in [-0.2, 0) is 5.41 Å². The van der Waals surface area contributed by atoms with Gasteiger partial charge >= 0.3 is 0 Å². The first kappa shape index (κ1) is 10.4. The lowest BCUT2D eigenvalue weighted by Gasteiger charge is -2.39. The van der Waals surface area contributed by atoms with Crippen molar-refractivity contribution in [2.75, 3.05) is 0 Å². The Labute approximate surface area is 118 Å². The molecule has 5 rings (SSSR count). The summed E-state index contributed by atoms with van der Waals surface area (Å²) in [5.41, 5.74) is 5.63. The molecule has 0 heterocycles. The smallest absolute Gasteiger partial charge is 0.0581 e. The van der Waals surface area contributed by atoms with E-state index in [1.165, 1.54) is 32.7 Å². The Balaban J connectivity index is 2.03. The van der Waals surface area contributed by atoms with E-state index >= 15 is 0 Å². The Morgan fingerprint density at radius 3 is 2.80 bits per heavy atom. The summed E-state index contributed by atoms with van der Waals surface area (Å²) in [5, 5.41) is 2.75. The highest BCUT2D eigenvalue weighted by Crippen LogP contribution is 2.44. The van der Waals surface area contributed by atoms with E-state index in [4.69, 9.17) is 0 Å². The van der Waals surface area contributed by atoms with Gasteiger partial charge in [-0.25, -0.2) is 0 Å². The van der Waals surface area contributed by atoms with Gasteiger partial charge in [-0.05, 0) is 39.1 Å². The van der Waals surface area contributed by atoms with Gasteiger partial charge < -0.3 is 0 Å². The Hall–Kier alpha value is -2.34. The lowest BCUT2D eigenvalue weighted by molar-refractivity contribution is 0.783. The van der Waals surface area contributed by atoms with Crippen LogP contribution in [0.25, 0.3) is 17.7 Å². The second kappa shape index (κ2) is 3.40. The highest BCUT2D eigenvalue weighted by Gasteiger charge is 2.38. The predicted octanol–water partition coefficient (Wildman–Crippen LogP) is 2.91. The van der Waals surface area contributed by atoms with E-state index in [-0.39, 0.29) is 5.41 Å². The van der Waals surface area contributed by atoms with Gasteiger partial charge in [0.2, 0.25) is 0 Å². The molecule has 0 amide bonds. The lowest BCUT2D eigenvalue weighted by Crippen LogP contribution is -2.39. The summed E-state index contributed by atoms with van der Waals surface area (Å²) in [4.78, 5) is 0. The van der Waals surface area contributed by atoms with E-state index in [0.29, 0.717) is 0 Å². The van der Waals surface area contributed by atoms with Gasteiger partial charge in [0.1, 0.15) is 0 Å². The summed E-state index contributed by atoms with van der Waals surface area (Å²) in [6.07, 6.45) is 23.8. The third kappa shape index (κ3) is 1.09. The van der Waals surface area contributed by atoms with Crippen LogP contribution in [0.5, 0.6) is 0 Å². The van der Waals surface area contributed by atoms with Gasteiger partial charge in [0.25, 0.3) is 0 Å². The maximum Gasteiger partial charge on any atom is 0.0581 e. The van der Waals surface area contributed by atoms with Crippen molar-refractivity contribution in [2.24, 2.45) is 0 Å². The molecule has 0 N–H and O–H groups in total. The van der Waals surface area contributed by atoms with E-state index < -0.39 is 0 Å². The van der Waals surface area contributed by atoms with E-state index in [1.807, 2.05) is 0 Å². The zero-order valence-corrected chi connectivity index (χ0v) is 11.1. The second-order valence-corrected chi connectivity index (χ2v) is 5.80. The fourth-order valence-corrected chi connectivity index (χ4v) is 3.92. The molecule has 0 radical (unpaired) electrons. The van der Waals surface area contributed by atoms with Crippen LogP contribution >= 0.6 is 0 Å². The summed E-state index contributed by atoms with van der Waals surface area (Å²) < 4.78 is 0. The predicted molar refractivity (Wildman–Crippen MR) is 84.4 cm³/mol. The van der Waals surface area contributed by atoms with E-state index in [0.717, 1.165) is 6.42 Å². The van der Waals surface area contributed by atoms with E-state index in [9.17, 15) is 0 Å². The van der Waals surface area contributed by atoms with Crippen LogP contribution in [0, 0.1) is 0 Å². The van der Waals surface area contributed by atoms with Crippen molar-refractivity contribution >= 4 is 17.7 Å². The normalized spacial score (nSPS) is 26.8. The van der Waals surface area contributed by atoms with Crippen LogP contribution in [0.3, 0.4) is 0 Å². The Morgan fingerprint density at radius 2 is 1.80 bits per heavy atom. The van der Waals surface area contributed by atoms with Gasteiger partial charge in [-0.1, -0.05) is 72.9 Å².